The Morgan fingerprint density at radius 1 is 1.50 bits per heavy atom. The van der Waals surface area contributed by atoms with E-state index in [1.54, 1.807) is 0 Å². The SMILES string of the molecule is CCCn1c(C)nnc1[C@@H]1CCCN1. The van der Waals surface area contributed by atoms with Crippen LogP contribution in [0, 0.1) is 6.92 Å². The van der Waals surface area contributed by atoms with E-state index in [2.05, 4.69) is 27.0 Å². The second-order valence-corrected chi connectivity index (χ2v) is 3.91. The summed E-state index contributed by atoms with van der Waals surface area (Å²) >= 11 is 0. The lowest BCUT2D eigenvalue weighted by Gasteiger charge is -2.12. The molecule has 0 amide bonds. The van der Waals surface area contributed by atoms with Crippen LogP contribution in [0.4, 0.5) is 0 Å². The van der Waals surface area contributed by atoms with Gasteiger partial charge in [0.25, 0.3) is 0 Å². The fourth-order valence-electron chi connectivity index (χ4n) is 2.06. The van der Waals surface area contributed by atoms with Crippen LogP contribution in [0.1, 0.15) is 43.9 Å². The second kappa shape index (κ2) is 4.09. The van der Waals surface area contributed by atoms with Gasteiger partial charge in [-0.05, 0) is 32.7 Å². The maximum Gasteiger partial charge on any atom is 0.150 e. The third-order valence-corrected chi connectivity index (χ3v) is 2.78. The molecule has 1 N–H and O–H groups in total. The van der Waals surface area contributed by atoms with E-state index in [-0.39, 0.29) is 0 Å². The standard InChI is InChI=1S/C10H18N4/c1-3-7-14-8(2)12-13-10(14)9-5-4-6-11-9/h9,11H,3-7H2,1-2H3/t9-/m0/s1. The topological polar surface area (TPSA) is 42.7 Å². The summed E-state index contributed by atoms with van der Waals surface area (Å²) in [4.78, 5) is 0. The molecule has 1 aromatic rings. The molecule has 14 heavy (non-hydrogen) atoms. The lowest BCUT2D eigenvalue weighted by molar-refractivity contribution is 0.536. The third kappa shape index (κ3) is 1.66. The zero-order chi connectivity index (χ0) is 9.97. The molecule has 78 valence electrons. The number of rotatable bonds is 3. The smallest absolute Gasteiger partial charge is 0.150 e. The fourth-order valence-corrected chi connectivity index (χ4v) is 2.06. The Balaban J connectivity index is 2.22. The number of hydrogen-bond donors (Lipinski definition) is 1. The molecule has 1 fully saturated rings. The molecule has 0 spiro atoms. The second-order valence-electron chi connectivity index (χ2n) is 3.91. The zero-order valence-corrected chi connectivity index (χ0v) is 8.95. The van der Waals surface area contributed by atoms with Crippen molar-refractivity contribution >= 4 is 0 Å². The summed E-state index contributed by atoms with van der Waals surface area (Å²) in [5.74, 6) is 2.16. The molecule has 1 saturated heterocycles. The monoisotopic (exact) mass is 194 g/mol. The molecule has 1 aliphatic rings. The van der Waals surface area contributed by atoms with Crippen molar-refractivity contribution in [3.63, 3.8) is 0 Å². The first-order valence-corrected chi connectivity index (χ1v) is 5.46. The zero-order valence-electron chi connectivity index (χ0n) is 8.95. The van der Waals surface area contributed by atoms with E-state index < -0.39 is 0 Å². The molecule has 0 bridgehead atoms. The summed E-state index contributed by atoms with van der Waals surface area (Å²) in [6.07, 6.45) is 3.59. The van der Waals surface area contributed by atoms with E-state index >= 15 is 0 Å². The van der Waals surface area contributed by atoms with Crippen molar-refractivity contribution < 1.29 is 0 Å². The van der Waals surface area contributed by atoms with Crippen LogP contribution in [-0.4, -0.2) is 21.3 Å². The molecule has 2 rings (SSSR count). The molecule has 1 atom stereocenters. The van der Waals surface area contributed by atoms with Crippen LogP contribution < -0.4 is 5.32 Å². The lowest BCUT2D eigenvalue weighted by atomic mass is 10.2. The van der Waals surface area contributed by atoms with Gasteiger partial charge in [-0.3, -0.25) is 0 Å². The average Bonchev–Trinajstić information content (AvgIpc) is 2.77. The summed E-state index contributed by atoms with van der Waals surface area (Å²) in [6.45, 7) is 6.36. The highest BCUT2D eigenvalue weighted by Gasteiger charge is 2.22. The minimum absolute atomic E-state index is 0.433. The molecule has 4 heteroatoms. The van der Waals surface area contributed by atoms with Crippen LogP contribution in [0.25, 0.3) is 0 Å². The van der Waals surface area contributed by atoms with Crippen molar-refractivity contribution in [1.29, 1.82) is 0 Å². The summed E-state index contributed by atoms with van der Waals surface area (Å²) in [7, 11) is 0. The first-order chi connectivity index (χ1) is 6.83. The minimum atomic E-state index is 0.433. The largest absolute Gasteiger partial charge is 0.314 e. The molecular formula is C10H18N4. The van der Waals surface area contributed by atoms with Crippen molar-refractivity contribution in [2.75, 3.05) is 6.54 Å². The van der Waals surface area contributed by atoms with Crippen LogP contribution in [0.15, 0.2) is 0 Å². The van der Waals surface area contributed by atoms with Gasteiger partial charge in [-0.25, -0.2) is 0 Å². The Labute approximate surface area is 84.7 Å². The normalized spacial score (nSPS) is 21.7. The maximum atomic E-state index is 4.27. The van der Waals surface area contributed by atoms with Gasteiger partial charge in [0.15, 0.2) is 0 Å². The first kappa shape index (κ1) is 9.65. The molecule has 1 aliphatic heterocycles. The number of aromatic nitrogens is 3. The molecule has 2 heterocycles. The number of aryl methyl sites for hydroxylation is 1. The first-order valence-electron chi connectivity index (χ1n) is 5.46. The number of nitrogens with one attached hydrogen (secondary N) is 1. The summed E-state index contributed by atoms with van der Waals surface area (Å²) in [5, 5.41) is 11.9. The summed E-state index contributed by atoms with van der Waals surface area (Å²) in [6, 6.07) is 0.433. The molecule has 1 aromatic heterocycles. The van der Waals surface area contributed by atoms with Crippen LogP contribution in [0.3, 0.4) is 0 Å². The number of nitrogens with zero attached hydrogens (tertiary/aromatic N) is 3. The van der Waals surface area contributed by atoms with E-state index in [1.165, 1.54) is 12.8 Å². The Kier molecular flexibility index (Phi) is 2.82. The Morgan fingerprint density at radius 3 is 3.00 bits per heavy atom. The predicted molar refractivity (Wildman–Crippen MR) is 55.0 cm³/mol. The highest BCUT2D eigenvalue weighted by Crippen LogP contribution is 2.21. The summed E-state index contributed by atoms with van der Waals surface area (Å²) in [5.41, 5.74) is 0. The summed E-state index contributed by atoms with van der Waals surface area (Å²) < 4.78 is 2.24. The fraction of sp³-hybridized carbons (Fsp3) is 0.800. The van der Waals surface area contributed by atoms with Crippen molar-refractivity contribution in [2.24, 2.45) is 0 Å². The minimum Gasteiger partial charge on any atom is -0.314 e. The van der Waals surface area contributed by atoms with E-state index in [0.29, 0.717) is 6.04 Å². The predicted octanol–water partition coefficient (Wildman–Crippen LogP) is 1.42. The van der Waals surface area contributed by atoms with Gasteiger partial charge in [-0.2, -0.15) is 0 Å². The van der Waals surface area contributed by atoms with Gasteiger partial charge >= 0.3 is 0 Å². The van der Waals surface area contributed by atoms with E-state index in [9.17, 15) is 0 Å². The van der Waals surface area contributed by atoms with Crippen LogP contribution in [-0.2, 0) is 6.54 Å². The molecule has 0 aliphatic carbocycles. The molecule has 4 nitrogen and oxygen atoms in total. The number of hydrogen-bond acceptors (Lipinski definition) is 3. The maximum absolute atomic E-state index is 4.27. The molecule has 0 aromatic carbocycles. The average molecular weight is 194 g/mol. The van der Waals surface area contributed by atoms with Crippen molar-refractivity contribution in [3.05, 3.63) is 11.6 Å². The van der Waals surface area contributed by atoms with Gasteiger partial charge in [0.2, 0.25) is 0 Å². The van der Waals surface area contributed by atoms with E-state index in [4.69, 9.17) is 0 Å². The molecule has 0 saturated carbocycles. The highest BCUT2D eigenvalue weighted by atomic mass is 15.3. The van der Waals surface area contributed by atoms with Gasteiger partial charge in [0, 0.05) is 6.54 Å². The Hall–Kier alpha value is -0.900. The Morgan fingerprint density at radius 2 is 2.36 bits per heavy atom. The van der Waals surface area contributed by atoms with Crippen LogP contribution >= 0.6 is 0 Å². The highest BCUT2D eigenvalue weighted by molar-refractivity contribution is 5.02. The lowest BCUT2D eigenvalue weighted by Crippen LogP contribution is -2.18. The van der Waals surface area contributed by atoms with E-state index in [0.717, 1.165) is 31.2 Å². The molecule has 0 unspecified atom stereocenters. The van der Waals surface area contributed by atoms with Crippen molar-refractivity contribution in [2.45, 2.75) is 45.7 Å². The van der Waals surface area contributed by atoms with Crippen molar-refractivity contribution in [3.8, 4) is 0 Å². The van der Waals surface area contributed by atoms with Crippen LogP contribution in [0.2, 0.25) is 0 Å². The quantitative estimate of drug-likeness (QED) is 0.791. The molecule has 0 radical (unpaired) electrons. The van der Waals surface area contributed by atoms with Gasteiger partial charge in [-0.1, -0.05) is 6.92 Å². The van der Waals surface area contributed by atoms with Crippen molar-refractivity contribution in [1.82, 2.24) is 20.1 Å². The van der Waals surface area contributed by atoms with Gasteiger partial charge in [0.1, 0.15) is 11.6 Å². The van der Waals surface area contributed by atoms with Gasteiger partial charge < -0.3 is 9.88 Å². The Bertz CT molecular complexity index is 299. The van der Waals surface area contributed by atoms with Crippen LogP contribution in [0.5, 0.6) is 0 Å². The molecular weight excluding hydrogens is 176 g/mol. The van der Waals surface area contributed by atoms with Gasteiger partial charge in [0.05, 0.1) is 6.04 Å². The van der Waals surface area contributed by atoms with Gasteiger partial charge in [-0.15, -0.1) is 10.2 Å². The van der Waals surface area contributed by atoms with E-state index in [1.807, 2.05) is 6.92 Å². The third-order valence-electron chi connectivity index (χ3n) is 2.78.